The van der Waals surface area contributed by atoms with E-state index in [1.54, 1.807) is 32.3 Å². The van der Waals surface area contributed by atoms with Gasteiger partial charge in [-0.05, 0) is 32.0 Å². The van der Waals surface area contributed by atoms with Gasteiger partial charge < -0.3 is 5.32 Å². The van der Waals surface area contributed by atoms with E-state index in [1.165, 1.54) is 13.4 Å². The molecule has 2 atom stereocenters. The van der Waals surface area contributed by atoms with Gasteiger partial charge in [-0.2, -0.15) is 4.31 Å². The highest BCUT2D eigenvalue weighted by atomic mass is 32.2. The molecule has 1 aromatic heterocycles. The first-order chi connectivity index (χ1) is 10.7. The van der Waals surface area contributed by atoms with Crippen LogP contribution in [0.25, 0.3) is 11.0 Å². The van der Waals surface area contributed by atoms with Crippen LogP contribution >= 0.6 is 0 Å². The number of benzene rings is 1. The zero-order chi connectivity index (χ0) is 16.9. The quantitative estimate of drug-likeness (QED) is 0.851. The summed E-state index contributed by atoms with van der Waals surface area (Å²) in [6.45, 7) is 4.97. The Kier molecular flexibility index (Phi) is 3.86. The third-order valence-electron chi connectivity index (χ3n) is 4.83. The molecule has 23 heavy (non-hydrogen) atoms. The molecule has 1 N–H and O–H groups in total. The first kappa shape index (κ1) is 16.2. The van der Waals surface area contributed by atoms with Crippen LogP contribution < -0.4 is 11.0 Å². The molecule has 0 aliphatic carbocycles. The van der Waals surface area contributed by atoms with Crippen molar-refractivity contribution >= 4 is 21.1 Å². The molecule has 7 nitrogen and oxygen atoms in total. The van der Waals surface area contributed by atoms with E-state index in [4.69, 9.17) is 0 Å². The lowest BCUT2D eigenvalue weighted by molar-refractivity contribution is 0.233. The first-order valence-corrected chi connectivity index (χ1v) is 9.10. The number of hydrogen-bond donors (Lipinski definition) is 1. The number of aromatic nitrogens is 2. The molecule has 1 aliphatic rings. The van der Waals surface area contributed by atoms with E-state index in [1.807, 2.05) is 13.8 Å². The van der Waals surface area contributed by atoms with Crippen LogP contribution in [0, 0.1) is 0 Å². The molecule has 1 aromatic carbocycles. The maximum absolute atomic E-state index is 13.0. The van der Waals surface area contributed by atoms with Crippen LogP contribution in [0.4, 0.5) is 0 Å². The summed E-state index contributed by atoms with van der Waals surface area (Å²) in [5.41, 5.74) is 1.17. The zero-order valence-corrected chi connectivity index (χ0v) is 14.6. The number of rotatable bonds is 2. The third-order valence-corrected chi connectivity index (χ3v) is 6.81. The number of piperazine rings is 1. The normalized spacial score (nSPS) is 23.5. The largest absolute Gasteiger partial charge is 0.328 e. The smallest absolute Gasteiger partial charge is 0.311 e. The lowest BCUT2D eigenvalue weighted by Gasteiger charge is -2.37. The van der Waals surface area contributed by atoms with Gasteiger partial charge in [-0.25, -0.2) is 13.2 Å². The van der Waals surface area contributed by atoms with Gasteiger partial charge in [0.05, 0.1) is 15.9 Å². The highest BCUT2D eigenvalue weighted by Crippen LogP contribution is 2.24. The molecule has 1 fully saturated rings. The van der Waals surface area contributed by atoms with E-state index in [0.29, 0.717) is 18.6 Å². The minimum atomic E-state index is -3.59. The Balaban J connectivity index is 2.12. The Labute approximate surface area is 135 Å². The lowest BCUT2D eigenvalue weighted by atomic mass is 10.1. The lowest BCUT2D eigenvalue weighted by Crippen LogP contribution is -2.57. The average Bonchev–Trinajstić information content (AvgIpc) is 2.74. The number of imidazole rings is 1. The molecule has 0 amide bonds. The molecule has 2 unspecified atom stereocenters. The van der Waals surface area contributed by atoms with Crippen molar-refractivity contribution in [3.63, 3.8) is 0 Å². The van der Waals surface area contributed by atoms with Gasteiger partial charge in [0.15, 0.2) is 0 Å². The number of hydrogen-bond acceptors (Lipinski definition) is 4. The minimum Gasteiger partial charge on any atom is -0.311 e. The van der Waals surface area contributed by atoms with Crippen molar-refractivity contribution in [2.24, 2.45) is 14.1 Å². The van der Waals surface area contributed by atoms with E-state index >= 15 is 0 Å². The highest BCUT2D eigenvalue weighted by Gasteiger charge is 2.34. The molecule has 3 rings (SSSR count). The molecule has 2 aromatic rings. The second kappa shape index (κ2) is 5.47. The summed E-state index contributed by atoms with van der Waals surface area (Å²) in [5, 5.41) is 3.28. The Hall–Kier alpha value is -1.64. The van der Waals surface area contributed by atoms with Crippen molar-refractivity contribution < 1.29 is 8.42 Å². The summed E-state index contributed by atoms with van der Waals surface area (Å²) >= 11 is 0. The van der Waals surface area contributed by atoms with Crippen LogP contribution in [0.1, 0.15) is 13.8 Å². The number of aryl methyl sites for hydroxylation is 2. The van der Waals surface area contributed by atoms with Gasteiger partial charge in [0.25, 0.3) is 0 Å². The average molecular weight is 338 g/mol. The van der Waals surface area contributed by atoms with Crippen molar-refractivity contribution in [1.82, 2.24) is 18.8 Å². The molecular weight excluding hydrogens is 316 g/mol. The predicted octanol–water partition coefficient (Wildman–Crippen LogP) is 0.248. The van der Waals surface area contributed by atoms with Crippen molar-refractivity contribution in [2.45, 2.75) is 30.8 Å². The third kappa shape index (κ3) is 2.41. The molecule has 126 valence electrons. The Morgan fingerprint density at radius 3 is 2.48 bits per heavy atom. The topological polar surface area (TPSA) is 76.3 Å². The molecule has 2 heterocycles. The van der Waals surface area contributed by atoms with E-state index in [2.05, 4.69) is 5.32 Å². The summed E-state index contributed by atoms with van der Waals surface area (Å²) in [5.74, 6) is 0. The van der Waals surface area contributed by atoms with Crippen LogP contribution in [0.3, 0.4) is 0 Å². The molecule has 0 saturated carbocycles. The minimum absolute atomic E-state index is 0.100. The van der Waals surface area contributed by atoms with Gasteiger partial charge in [-0.1, -0.05) is 0 Å². The molecule has 0 spiro atoms. The van der Waals surface area contributed by atoms with Crippen LogP contribution in [0.15, 0.2) is 27.9 Å². The SMILES string of the molecule is CC1NCCN(S(=O)(=O)c2ccc3c(c2)n(C)c(=O)n3C)C1C. The van der Waals surface area contributed by atoms with Crippen molar-refractivity contribution in [3.05, 3.63) is 28.7 Å². The summed E-state index contributed by atoms with van der Waals surface area (Å²) in [6.07, 6.45) is 0. The van der Waals surface area contributed by atoms with Gasteiger partial charge in [0.2, 0.25) is 10.0 Å². The maximum atomic E-state index is 13.0. The first-order valence-electron chi connectivity index (χ1n) is 7.66. The second-order valence-corrected chi connectivity index (χ2v) is 8.04. The summed E-state index contributed by atoms with van der Waals surface area (Å²) in [4.78, 5) is 12.2. The number of nitrogens with zero attached hydrogens (tertiary/aromatic N) is 3. The van der Waals surface area contributed by atoms with Crippen LogP contribution in [-0.2, 0) is 24.1 Å². The Bertz CT molecular complexity index is 913. The number of fused-ring (bicyclic) bond motifs is 1. The summed E-state index contributed by atoms with van der Waals surface area (Å²) < 4.78 is 30.5. The monoisotopic (exact) mass is 338 g/mol. The number of nitrogens with one attached hydrogen (secondary N) is 1. The van der Waals surface area contributed by atoms with Gasteiger partial charge >= 0.3 is 5.69 Å². The van der Waals surface area contributed by atoms with Crippen molar-refractivity contribution in [3.8, 4) is 0 Å². The number of sulfonamides is 1. The van der Waals surface area contributed by atoms with Crippen molar-refractivity contribution in [2.75, 3.05) is 13.1 Å². The van der Waals surface area contributed by atoms with E-state index in [-0.39, 0.29) is 22.7 Å². The molecule has 0 radical (unpaired) electrons. The molecular formula is C15H22N4O3S. The molecule has 8 heteroatoms. The van der Waals surface area contributed by atoms with Crippen LogP contribution in [0.5, 0.6) is 0 Å². The van der Waals surface area contributed by atoms with E-state index in [9.17, 15) is 13.2 Å². The van der Waals surface area contributed by atoms with Crippen molar-refractivity contribution in [1.29, 1.82) is 0 Å². The molecule has 1 saturated heterocycles. The summed E-state index contributed by atoms with van der Waals surface area (Å²) in [6, 6.07) is 4.84. The summed E-state index contributed by atoms with van der Waals surface area (Å²) in [7, 11) is -0.258. The maximum Gasteiger partial charge on any atom is 0.328 e. The van der Waals surface area contributed by atoms with Gasteiger partial charge in [0, 0.05) is 39.3 Å². The van der Waals surface area contributed by atoms with Gasteiger partial charge in [-0.15, -0.1) is 0 Å². The fraction of sp³-hybridized carbons (Fsp3) is 0.533. The fourth-order valence-corrected chi connectivity index (χ4v) is 4.87. The van der Waals surface area contributed by atoms with Gasteiger partial charge in [-0.3, -0.25) is 9.13 Å². The molecule has 0 bridgehead atoms. The van der Waals surface area contributed by atoms with Crippen LogP contribution in [0.2, 0.25) is 0 Å². The highest BCUT2D eigenvalue weighted by molar-refractivity contribution is 7.89. The second-order valence-electron chi connectivity index (χ2n) is 6.15. The van der Waals surface area contributed by atoms with Crippen LogP contribution in [-0.4, -0.2) is 47.0 Å². The Morgan fingerprint density at radius 1 is 1.13 bits per heavy atom. The Morgan fingerprint density at radius 2 is 1.78 bits per heavy atom. The molecule has 1 aliphatic heterocycles. The zero-order valence-electron chi connectivity index (χ0n) is 13.8. The van der Waals surface area contributed by atoms with E-state index < -0.39 is 10.0 Å². The predicted molar refractivity (Wildman–Crippen MR) is 89.0 cm³/mol. The van der Waals surface area contributed by atoms with E-state index in [0.717, 1.165) is 5.52 Å². The standard InChI is InChI=1S/C15H22N4O3S/c1-10-11(2)19(8-7-16-10)23(21,22)12-5-6-13-14(9-12)18(4)15(20)17(13)3/h5-6,9-11,16H,7-8H2,1-4H3. The fourth-order valence-electron chi connectivity index (χ4n) is 3.15. The van der Waals surface area contributed by atoms with Gasteiger partial charge in [0.1, 0.15) is 0 Å².